The Kier molecular flexibility index (Phi) is 3.88. The first-order valence-corrected chi connectivity index (χ1v) is 7.59. The Bertz CT molecular complexity index is 685. The van der Waals surface area contributed by atoms with Crippen LogP contribution in [0.4, 0.5) is 5.69 Å². The summed E-state index contributed by atoms with van der Waals surface area (Å²) in [5, 5.41) is 3.69. The molecule has 0 spiro atoms. The summed E-state index contributed by atoms with van der Waals surface area (Å²) in [6.45, 7) is 9.19. The lowest BCUT2D eigenvalue weighted by atomic mass is 10.1. The first-order valence-electron chi connectivity index (χ1n) is 7.59. The summed E-state index contributed by atoms with van der Waals surface area (Å²) in [5.74, 6) is 0.598. The van der Waals surface area contributed by atoms with Crippen molar-refractivity contribution in [1.82, 2.24) is 10.1 Å². The highest BCUT2D eigenvalue weighted by molar-refractivity contribution is 5.94. The maximum Gasteiger partial charge on any atom is 0.259 e. The third kappa shape index (κ3) is 2.58. The average molecular weight is 299 g/mol. The molecule has 1 fully saturated rings. The molecule has 0 unspecified atom stereocenters. The molecule has 0 radical (unpaired) electrons. The van der Waals surface area contributed by atoms with E-state index in [9.17, 15) is 4.79 Å². The van der Waals surface area contributed by atoms with Gasteiger partial charge in [-0.05, 0) is 38.0 Å². The summed E-state index contributed by atoms with van der Waals surface area (Å²) >= 11 is 0. The van der Waals surface area contributed by atoms with E-state index < -0.39 is 0 Å². The van der Waals surface area contributed by atoms with Gasteiger partial charge in [0, 0.05) is 31.9 Å². The minimum atomic E-state index is 0.0133. The second-order valence-electron chi connectivity index (χ2n) is 5.79. The van der Waals surface area contributed by atoms with Gasteiger partial charge in [0.1, 0.15) is 11.3 Å². The molecule has 3 rings (SSSR count). The van der Waals surface area contributed by atoms with Crippen molar-refractivity contribution in [1.29, 1.82) is 0 Å². The zero-order valence-electron chi connectivity index (χ0n) is 13.3. The van der Waals surface area contributed by atoms with E-state index in [4.69, 9.17) is 4.52 Å². The molecule has 0 N–H and O–H groups in total. The molecule has 116 valence electrons. The molecule has 22 heavy (non-hydrogen) atoms. The van der Waals surface area contributed by atoms with Crippen LogP contribution in [0.15, 0.2) is 28.9 Å². The van der Waals surface area contributed by atoms with Crippen LogP contribution < -0.4 is 4.90 Å². The number of nitrogens with zero attached hydrogens (tertiary/aromatic N) is 3. The Morgan fingerprint density at radius 1 is 1.14 bits per heavy atom. The van der Waals surface area contributed by atoms with Crippen molar-refractivity contribution < 1.29 is 9.32 Å². The minimum Gasteiger partial charge on any atom is -0.368 e. The Labute approximate surface area is 130 Å². The Hall–Kier alpha value is -2.30. The van der Waals surface area contributed by atoms with Crippen molar-refractivity contribution in [2.24, 2.45) is 0 Å². The number of piperazine rings is 1. The summed E-state index contributed by atoms with van der Waals surface area (Å²) < 4.78 is 4.99. The van der Waals surface area contributed by atoms with Gasteiger partial charge in [-0.15, -0.1) is 0 Å². The molecule has 1 aliphatic heterocycles. The van der Waals surface area contributed by atoms with Crippen molar-refractivity contribution in [2.45, 2.75) is 20.8 Å². The number of aromatic nitrogens is 1. The molecular formula is C17H21N3O2. The van der Waals surface area contributed by atoms with Gasteiger partial charge in [-0.2, -0.15) is 0 Å². The summed E-state index contributed by atoms with van der Waals surface area (Å²) in [7, 11) is 0. The van der Waals surface area contributed by atoms with Gasteiger partial charge >= 0.3 is 0 Å². The smallest absolute Gasteiger partial charge is 0.259 e. The molecule has 1 aliphatic rings. The summed E-state index contributed by atoms with van der Waals surface area (Å²) in [6, 6.07) is 6.38. The molecule has 1 aromatic heterocycles. The van der Waals surface area contributed by atoms with Crippen LogP contribution in [-0.2, 0) is 0 Å². The Morgan fingerprint density at radius 2 is 1.86 bits per heavy atom. The van der Waals surface area contributed by atoms with Crippen LogP contribution in [0.3, 0.4) is 0 Å². The summed E-state index contributed by atoms with van der Waals surface area (Å²) in [6.07, 6.45) is 1.51. The van der Waals surface area contributed by atoms with Gasteiger partial charge in [0.05, 0.1) is 6.20 Å². The number of carbonyl (C=O) groups is 1. The topological polar surface area (TPSA) is 49.6 Å². The second kappa shape index (κ2) is 5.83. The fourth-order valence-corrected chi connectivity index (χ4v) is 2.90. The molecule has 0 aliphatic carbocycles. The maximum absolute atomic E-state index is 12.5. The normalized spacial score (nSPS) is 15.2. The number of carbonyl (C=O) groups excluding carboxylic acids is 1. The van der Waals surface area contributed by atoms with E-state index in [2.05, 4.69) is 42.1 Å². The molecule has 0 bridgehead atoms. The molecule has 2 heterocycles. The monoisotopic (exact) mass is 299 g/mol. The molecule has 1 saturated heterocycles. The first-order chi connectivity index (χ1) is 10.6. The van der Waals surface area contributed by atoms with Crippen molar-refractivity contribution in [3.8, 4) is 0 Å². The summed E-state index contributed by atoms with van der Waals surface area (Å²) in [5.41, 5.74) is 4.46. The molecule has 0 saturated carbocycles. The zero-order chi connectivity index (χ0) is 15.7. The van der Waals surface area contributed by atoms with E-state index >= 15 is 0 Å². The standard InChI is InChI=1S/C17H21N3O2/c1-12-5-4-6-16(13(12)2)19-7-9-20(10-8-19)17(21)15-11-18-22-14(15)3/h4-6,11H,7-10H2,1-3H3. The highest BCUT2D eigenvalue weighted by atomic mass is 16.5. The highest BCUT2D eigenvalue weighted by Gasteiger charge is 2.25. The van der Waals surface area contributed by atoms with Gasteiger partial charge in [-0.1, -0.05) is 17.3 Å². The molecule has 1 amide bonds. The van der Waals surface area contributed by atoms with Crippen molar-refractivity contribution in [3.63, 3.8) is 0 Å². The van der Waals surface area contributed by atoms with Gasteiger partial charge in [0.15, 0.2) is 0 Å². The molecular weight excluding hydrogens is 278 g/mol. The molecule has 1 aromatic carbocycles. The molecule has 2 aromatic rings. The maximum atomic E-state index is 12.5. The number of benzene rings is 1. The van der Waals surface area contributed by atoms with Gasteiger partial charge in [0.25, 0.3) is 5.91 Å². The van der Waals surface area contributed by atoms with Crippen molar-refractivity contribution in [3.05, 3.63) is 46.8 Å². The predicted molar refractivity (Wildman–Crippen MR) is 85.3 cm³/mol. The zero-order valence-corrected chi connectivity index (χ0v) is 13.3. The van der Waals surface area contributed by atoms with Gasteiger partial charge < -0.3 is 14.3 Å². The Morgan fingerprint density at radius 3 is 2.50 bits per heavy atom. The van der Waals surface area contributed by atoms with Crippen molar-refractivity contribution in [2.75, 3.05) is 31.1 Å². The first kappa shape index (κ1) is 14.6. The van der Waals surface area contributed by atoms with Crippen LogP contribution in [0.2, 0.25) is 0 Å². The van der Waals surface area contributed by atoms with Crippen LogP contribution in [-0.4, -0.2) is 42.1 Å². The van der Waals surface area contributed by atoms with Crippen LogP contribution >= 0.6 is 0 Å². The largest absolute Gasteiger partial charge is 0.368 e. The van der Waals surface area contributed by atoms with Gasteiger partial charge in [0.2, 0.25) is 0 Å². The lowest BCUT2D eigenvalue weighted by Gasteiger charge is -2.37. The number of anilines is 1. The predicted octanol–water partition coefficient (Wildman–Crippen LogP) is 2.56. The van der Waals surface area contributed by atoms with E-state index in [0.29, 0.717) is 11.3 Å². The number of rotatable bonds is 2. The van der Waals surface area contributed by atoms with Crippen LogP contribution in [0.25, 0.3) is 0 Å². The molecule has 5 heteroatoms. The number of hydrogen-bond donors (Lipinski definition) is 0. The third-order valence-electron chi connectivity index (χ3n) is 4.46. The van der Waals surface area contributed by atoms with Crippen LogP contribution in [0, 0.1) is 20.8 Å². The van der Waals surface area contributed by atoms with E-state index in [1.807, 2.05) is 4.90 Å². The fraction of sp³-hybridized carbons (Fsp3) is 0.412. The quantitative estimate of drug-likeness (QED) is 0.855. The number of aryl methyl sites for hydroxylation is 2. The van der Waals surface area contributed by atoms with Crippen LogP contribution in [0.1, 0.15) is 27.2 Å². The van der Waals surface area contributed by atoms with Gasteiger partial charge in [-0.3, -0.25) is 4.79 Å². The third-order valence-corrected chi connectivity index (χ3v) is 4.46. The van der Waals surface area contributed by atoms with Gasteiger partial charge in [-0.25, -0.2) is 0 Å². The summed E-state index contributed by atoms with van der Waals surface area (Å²) in [4.78, 5) is 16.7. The SMILES string of the molecule is Cc1cccc(N2CCN(C(=O)c3cnoc3C)CC2)c1C. The van der Waals surface area contributed by atoms with Crippen LogP contribution in [0.5, 0.6) is 0 Å². The van der Waals surface area contributed by atoms with E-state index in [-0.39, 0.29) is 5.91 Å². The lowest BCUT2D eigenvalue weighted by molar-refractivity contribution is 0.0745. The van der Waals surface area contributed by atoms with E-state index in [0.717, 1.165) is 26.2 Å². The Balaban J connectivity index is 1.69. The highest BCUT2D eigenvalue weighted by Crippen LogP contribution is 2.24. The second-order valence-corrected chi connectivity index (χ2v) is 5.79. The molecule has 5 nitrogen and oxygen atoms in total. The van der Waals surface area contributed by atoms with Crippen molar-refractivity contribution >= 4 is 11.6 Å². The number of amides is 1. The lowest BCUT2D eigenvalue weighted by Crippen LogP contribution is -2.49. The molecule has 0 atom stereocenters. The van der Waals surface area contributed by atoms with E-state index in [1.165, 1.54) is 23.0 Å². The minimum absolute atomic E-state index is 0.0133. The van der Waals surface area contributed by atoms with E-state index in [1.54, 1.807) is 6.92 Å². The number of hydrogen-bond acceptors (Lipinski definition) is 4. The fourth-order valence-electron chi connectivity index (χ4n) is 2.90. The average Bonchev–Trinajstić information content (AvgIpc) is 2.96.